The SMILES string of the molecule is CS(=O)(=O)c1cn[nH]c1[C@H]1CCCN1Cc1ccccc1. The second kappa shape index (κ2) is 5.61. The molecule has 1 aliphatic rings. The van der Waals surface area contributed by atoms with E-state index in [9.17, 15) is 8.42 Å². The first-order chi connectivity index (χ1) is 10.1. The van der Waals surface area contributed by atoms with E-state index in [1.165, 1.54) is 18.0 Å². The Morgan fingerprint density at radius 1 is 1.33 bits per heavy atom. The maximum atomic E-state index is 11.9. The third-order valence-corrected chi connectivity index (χ3v) is 5.08. The van der Waals surface area contributed by atoms with E-state index in [4.69, 9.17) is 0 Å². The molecule has 0 spiro atoms. The largest absolute Gasteiger partial charge is 0.290 e. The van der Waals surface area contributed by atoms with E-state index in [1.807, 2.05) is 18.2 Å². The van der Waals surface area contributed by atoms with Crippen LogP contribution in [0.25, 0.3) is 0 Å². The maximum absolute atomic E-state index is 11.9. The topological polar surface area (TPSA) is 66.1 Å². The van der Waals surface area contributed by atoms with Crippen LogP contribution in [0.1, 0.15) is 30.1 Å². The molecule has 0 aliphatic carbocycles. The van der Waals surface area contributed by atoms with Crippen LogP contribution in [0.4, 0.5) is 0 Å². The van der Waals surface area contributed by atoms with Gasteiger partial charge in [-0.1, -0.05) is 30.3 Å². The minimum absolute atomic E-state index is 0.0948. The number of aromatic amines is 1. The Bertz CT molecular complexity index is 710. The van der Waals surface area contributed by atoms with Gasteiger partial charge in [-0.05, 0) is 24.9 Å². The van der Waals surface area contributed by atoms with Crippen molar-refractivity contribution >= 4 is 9.84 Å². The molecule has 0 saturated carbocycles. The Morgan fingerprint density at radius 2 is 2.10 bits per heavy atom. The van der Waals surface area contributed by atoms with Gasteiger partial charge in [0.15, 0.2) is 9.84 Å². The van der Waals surface area contributed by atoms with Gasteiger partial charge in [0.2, 0.25) is 0 Å². The zero-order valence-electron chi connectivity index (χ0n) is 12.0. The molecule has 1 N–H and O–H groups in total. The van der Waals surface area contributed by atoms with Crippen LogP contribution in [0.3, 0.4) is 0 Å². The average Bonchev–Trinajstić information content (AvgIpc) is 3.07. The lowest BCUT2D eigenvalue weighted by Gasteiger charge is -2.24. The summed E-state index contributed by atoms with van der Waals surface area (Å²) in [5.41, 5.74) is 1.97. The van der Waals surface area contributed by atoms with Crippen molar-refractivity contribution in [2.24, 2.45) is 0 Å². The number of sulfone groups is 1. The number of H-pyrrole nitrogens is 1. The highest BCUT2D eigenvalue weighted by Crippen LogP contribution is 2.35. The predicted molar refractivity (Wildman–Crippen MR) is 80.5 cm³/mol. The summed E-state index contributed by atoms with van der Waals surface area (Å²) in [7, 11) is -3.24. The molecule has 21 heavy (non-hydrogen) atoms. The smallest absolute Gasteiger partial charge is 0.178 e. The lowest BCUT2D eigenvalue weighted by molar-refractivity contribution is 0.241. The molecule has 0 bridgehead atoms. The van der Waals surface area contributed by atoms with Crippen molar-refractivity contribution < 1.29 is 8.42 Å². The normalized spacial score (nSPS) is 20.0. The van der Waals surface area contributed by atoms with E-state index in [-0.39, 0.29) is 6.04 Å². The molecule has 1 aromatic carbocycles. The molecule has 2 aromatic rings. The van der Waals surface area contributed by atoms with E-state index in [0.29, 0.717) is 4.90 Å². The maximum Gasteiger partial charge on any atom is 0.178 e. The zero-order chi connectivity index (χ0) is 14.9. The van der Waals surface area contributed by atoms with Gasteiger partial charge in [-0.2, -0.15) is 5.10 Å². The minimum atomic E-state index is -3.24. The van der Waals surface area contributed by atoms with Gasteiger partial charge in [-0.25, -0.2) is 8.42 Å². The monoisotopic (exact) mass is 305 g/mol. The molecular formula is C15H19N3O2S. The van der Waals surface area contributed by atoms with Gasteiger partial charge >= 0.3 is 0 Å². The second-order valence-corrected chi connectivity index (χ2v) is 7.52. The predicted octanol–water partition coefficient (Wildman–Crippen LogP) is 2.15. The molecule has 2 heterocycles. The van der Waals surface area contributed by atoms with Crippen molar-refractivity contribution in [2.45, 2.75) is 30.3 Å². The van der Waals surface area contributed by atoms with Crippen molar-refractivity contribution in [3.05, 3.63) is 47.8 Å². The number of hydrogen-bond donors (Lipinski definition) is 1. The van der Waals surface area contributed by atoms with E-state index >= 15 is 0 Å². The van der Waals surface area contributed by atoms with Crippen LogP contribution in [0.15, 0.2) is 41.4 Å². The summed E-state index contributed by atoms with van der Waals surface area (Å²) in [5.74, 6) is 0. The van der Waals surface area contributed by atoms with Gasteiger partial charge in [-0.15, -0.1) is 0 Å². The number of likely N-dealkylation sites (tertiary alicyclic amines) is 1. The number of rotatable bonds is 4. The second-order valence-electron chi connectivity index (χ2n) is 5.53. The summed E-state index contributed by atoms with van der Waals surface area (Å²) in [5, 5.41) is 6.84. The van der Waals surface area contributed by atoms with E-state index in [1.54, 1.807) is 0 Å². The fraction of sp³-hybridized carbons (Fsp3) is 0.400. The lowest BCUT2D eigenvalue weighted by atomic mass is 10.1. The molecule has 0 unspecified atom stereocenters. The molecule has 6 heteroatoms. The van der Waals surface area contributed by atoms with E-state index in [0.717, 1.165) is 31.6 Å². The van der Waals surface area contributed by atoms with Crippen LogP contribution in [0.5, 0.6) is 0 Å². The van der Waals surface area contributed by atoms with E-state index < -0.39 is 9.84 Å². The first kappa shape index (κ1) is 14.3. The van der Waals surface area contributed by atoms with Crippen molar-refractivity contribution in [3.8, 4) is 0 Å². The third kappa shape index (κ3) is 3.01. The van der Waals surface area contributed by atoms with Crippen LogP contribution < -0.4 is 0 Å². The number of benzene rings is 1. The first-order valence-electron chi connectivity index (χ1n) is 7.07. The summed E-state index contributed by atoms with van der Waals surface area (Å²) in [6.07, 6.45) is 4.68. The molecular weight excluding hydrogens is 286 g/mol. The number of aromatic nitrogens is 2. The van der Waals surface area contributed by atoms with Crippen LogP contribution in [-0.4, -0.2) is 36.3 Å². The number of hydrogen-bond acceptors (Lipinski definition) is 4. The molecule has 1 aliphatic heterocycles. The lowest BCUT2D eigenvalue weighted by Crippen LogP contribution is -2.24. The number of nitrogens with one attached hydrogen (secondary N) is 1. The molecule has 112 valence electrons. The van der Waals surface area contributed by atoms with Gasteiger partial charge in [0.05, 0.1) is 17.9 Å². The molecule has 0 radical (unpaired) electrons. The summed E-state index contributed by atoms with van der Waals surface area (Å²) in [6, 6.07) is 10.3. The highest BCUT2D eigenvalue weighted by molar-refractivity contribution is 7.90. The Balaban J connectivity index is 1.87. The summed E-state index contributed by atoms with van der Waals surface area (Å²) < 4.78 is 23.7. The quantitative estimate of drug-likeness (QED) is 0.940. The summed E-state index contributed by atoms with van der Waals surface area (Å²) in [4.78, 5) is 2.64. The molecule has 1 fully saturated rings. The zero-order valence-corrected chi connectivity index (χ0v) is 12.8. The third-order valence-electron chi connectivity index (χ3n) is 3.96. The highest BCUT2D eigenvalue weighted by Gasteiger charge is 2.31. The Kier molecular flexibility index (Phi) is 3.82. The molecule has 1 saturated heterocycles. The molecule has 1 atom stereocenters. The van der Waals surface area contributed by atoms with Crippen molar-refractivity contribution in [1.82, 2.24) is 15.1 Å². The van der Waals surface area contributed by atoms with Gasteiger partial charge in [0.1, 0.15) is 4.90 Å². The Labute approximate surface area is 124 Å². The van der Waals surface area contributed by atoms with Gasteiger partial charge < -0.3 is 0 Å². The van der Waals surface area contributed by atoms with Crippen molar-refractivity contribution in [1.29, 1.82) is 0 Å². The average molecular weight is 305 g/mol. The highest BCUT2D eigenvalue weighted by atomic mass is 32.2. The van der Waals surface area contributed by atoms with E-state index in [2.05, 4.69) is 27.2 Å². The van der Waals surface area contributed by atoms with Crippen LogP contribution >= 0.6 is 0 Å². The van der Waals surface area contributed by atoms with Crippen LogP contribution in [0.2, 0.25) is 0 Å². The fourth-order valence-electron chi connectivity index (χ4n) is 2.98. The van der Waals surface area contributed by atoms with Gasteiger partial charge in [0.25, 0.3) is 0 Å². The van der Waals surface area contributed by atoms with Gasteiger partial charge in [-0.3, -0.25) is 10.00 Å². The van der Waals surface area contributed by atoms with Crippen molar-refractivity contribution in [2.75, 3.05) is 12.8 Å². The molecule has 3 rings (SSSR count). The Morgan fingerprint density at radius 3 is 2.81 bits per heavy atom. The first-order valence-corrected chi connectivity index (χ1v) is 8.96. The van der Waals surface area contributed by atoms with Crippen LogP contribution in [0, 0.1) is 0 Å². The minimum Gasteiger partial charge on any atom is -0.290 e. The fourth-order valence-corrected chi connectivity index (χ4v) is 3.80. The molecule has 1 aromatic heterocycles. The molecule has 5 nitrogen and oxygen atoms in total. The van der Waals surface area contributed by atoms with Gasteiger partial charge in [0, 0.05) is 12.8 Å². The number of nitrogens with zero attached hydrogens (tertiary/aromatic N) is 2. The standard InChI is InChI=1S/C15H19N3O2S/c1-21(19,20)14-10-16-17-15(14)13-8-5-9-18(13)11-12-6-3-2-4-7-12/h2-4,6-7,10,13H,5,8-9,11H2,1H3,(H,16,17)/t13-/m1/s1. The summed E-state index contributed by atoms with van der Waals surface area (Å²) >= 11 is 0. The van der Waals surface area contributed by atoms with Crippen LogP contribution in [-0.2, 0) is 16.4 Å². The Hall–Kier alpha value is -1.66. The summed E-state index contributed by atoms with van der Waals surface area (Å²) in [6.45, 7) is 1.80. The van der Waals surface area contributed by atoms with Crippen molar-refractivity contribution in [3.63, 3.8) is 0 Å². The molecule has 0 amide bonds.